The summed E-state index contributed by atoms with van der Waals surface area (Å²) in [6, 6.07) is 0. The normalized spacial score (nSPS) is 28.7. The van der Waals surface area contributed by atoms with Crippen molar-refractivity contribution in [1.29, 1.82) is 0 Å². The molecular weight excluding hydrogens is 244 g/mol. The molecule has 3 unspecified atom stereocenters. The van der Waals surface area contributed by atoms with Gasteiger partial charge in [0.25, 0.3) is 0 Å². The molecule has 1 rings (SSSR count). The van der Waals surface area contributed by atoms with Crippen LogP contribution in [0.25, 0.3) is 0 Å². The van der Waals surface area contributed by atoms with Crippen LogP contribution in [0.1, 0.15) is 52.4 Å². The summed E-state index contributed by atoms with van der Waals surface area (Å²) in [5.74, 6) is -1.08. The number of carbonyl (C=O) groups is 2. The first kappa shape index (κ1) is 16.0. The van der Waals surface area contributed by atoms with Gasteiger partial charge >= 0.3 is 5.97 Å². The van der Waals surface area contributed by atoms with Crippen LogP contribution in [0.3, 0.4) is 0 Å². The third kappa shape index (κ3) is 3.93. The predicted molar refractivity (Wildman–Crippen MR) is 73.6 cm³/mol. The second-order valence-corrected chi connectivity index (χ2v) is 5.80. The van der Waals surface area contributed by atoms with Crippen LogP contribution < -0.4 is 11.1 Å². The molecule has 19 heavy (non-hydrogen) atoms. The molecule has 0 aromatic carbocycles. The lowest BCUT2D eigenvalue weighted by Gasteiger charge is -2.37. The molecule has 0 saturated heterocycles. The van der Waals surface area contributed by atoms with E-state index in [1.165, 1.54) is 0 Å². The smallest absolute Gasteiger partial charge is 0.329 e. The van der Waals surface area contributed by atoms with Crippen LogP contribution in [0.5, 0.6) is 0 Å². The van der Waals surface area contributed by atoms with Gasteiger partial charge in [-0.1, -0.05) is 33.1 Å². The molecule has 1 saturated carbocycles. The van der Waals surface area contributed by atoms with Gasteiger partial charge in [0.15, 0.2) is 0 Å². The maximum absolute atomic E-state index is 12.2. The van der Waals surface area contributed by atoms with Crippen molar-refractivity contribution in [1.82, 2.24) is 5.32 Å². The second-order valence-electron chi connectivity index (χ2n) is 5.80. The van der Waals surface area contributed by atoms with E-state index in [2.05, 4.69) is 5.32 Å². The van der Waals surface area contributed by atoms with Gasteiger partial charge in [-0.05, 0) is 25.2 Å². The van der Waals surface area contributed by atoms with E-state index in [1.807, 2.05) is 13.8 Å². The Morgan fingerprint density at radius 1 is 1.53 bits per heavy atom. The van der Waals surface area contributed by atoms with E-state index >= 15 is 0 Å². The van der Waals surface area contributed by atoms with E-state index in [4.69, 9.17) is 5.73 Å². The minimum Gasteiger partial charge on any atom is -0.480 e. The van der Waals surface area contributed by atoms with Crippen molar-refractivity contribution in [3.8, 4) is 0 Å². The molecule has 1 aliphatic rings. The van der Waals surface area contributed by atoms with Gasteiger partial charge < -0.3 is 16.2 Å². The van der Waals surface area contributed by atoms with Crippen LogP contribution in [-0.4, -0.2) is 29.1 Å². The van der Waals surface area contributed by atoms with Crippen LogP contribution in [0.4, 0.5) is 0 Å². The van der Waals surface area contributed by atoms with Gasteiger partial charge in [0.05, 0.1) is 5.92 Å². The quantitative estimate of drug-likeness (QED) is 0.682. The fraction of sp³-hybridized carbons (Fsp3) is 0.857. The van der Waals surface area contributed by atoms with Gasteiger partial charge in [-0.2, -0.15) is 0 Å². The topological polar surface area (TPSA) is 92.4 Å². The molecule has 0 aromatic heterocycles. The highest BCUT2D eigenvalue weighted by Crippen LogP contribution is 2.33. The fourth-order valence-corrected chi connectivity index (χ4v) is 2.95. The number of carboxylic acids is 1. The van der Waals surface area contributed by atoms with Gasteiger partial charge in [0, 0.05) is 6.54 Å². The Morgan fingerprint density at radius 3 is 2.68 bits per heavy atom. The third-order valence-electron chi connectivity index (χ3n) is 4.06. The Morgan fingerprint density at radius 2 is 2.21 bits per heavy atom. The maximum Gasteiger partial charge on any atom is 0.329 e. The summed E-state index contributed by atoms with van der Waals surface area (Å²) in [5.41, 5.74) is 4.52. The molecule has 1 fully saturated rings. The Kier molecular flexibility index (Phi) is 5.79. The molecule has 0 radical (unpaired) electrons. The molecule has 0 spiro atoms. The van der Waals surface area contributed by atoms with E-state index in [-0.39, 0.29) is 18.4 Å². The zero-order valence-corrected chi connectivity index (χ0v) is 11.9. The van der Waals surface area contributed by atoms with Crippen LogP contribution in [0, 0.1) is 11.8 Å². The molecule has 4 N–H and O–H groups in total. The SMILES string of the molecule is CCCC(CN)C(=O)NC1(C(=O)O)CCCC(C)C1. The van der Waals surface area contributed by atoms with E-state index < -0.39 is 11.5 Å². The summed E-state index contributed by atoms with van der Waals surface area (Å²) in [4.78, 5) is 23.8. The largest absolute Gasteiger partial charge is 0.480 e. The Balaban J connectivity index is 2.78. The Labute approximate surface area is 114 Å². The number of aliphatic carboxylic acids is 1. The zero-order valence-electron chi connectivity index (χ0n) is 11.9. The van der Waals surface area contributed by atoms with Gasteiger partial charge in [-0.25, -0.2) is 4.79 Å². The first-order valence-electron chi connectivity index (χ1n) is 7.20. The van der Waals surface area contributed by atoms with Crippen molar-refractivity contribution in [2.75, 3.05) is 6.54 Å². The van der Waals surface area contributed by atoms with Gasteiger partial charge in [0.1, 0.15) is 5.54 Å². The zero-order chi connectivity index (χ0) is 14.5. The van der Waals surface area contributed by atoms with Crippen molar-refractivity contribution in [3.63, 3.8) is 0 Å². The average Bonchev–Trinajstić information content (AvgIpc) is 2.35. The standard InChI is InChI=1S/C14H26N2O3/c1-3-5-11(9-15)12(17)16-14(13(18)19)7-4-6-10(2)8-14/h10-11H,3-9,15H2,1-2H3,(H,16,17)(H,18,19). The van der Waals surface area contributed by atoms with E-state index in [1.54, 1.807) is 0 Å². The summed E-state index contributed by atoms with van der Waals surface area (Å²) in [5, 5.41) is 12.3. The first-order valence-corrected chi connectivity index (χ1v) is 7.20. The number of nitrogens with two attached hydrogens (primary N) is 1. The number of nitrogens with one attached hydrogen (secondary N) is 1. The van der Waals surface area contributed by atoms with Crippen LogP contribution in [-0.2, 0) is 9.59 Å². The number of carbonyl (C=O) groups excluding carboxylic acids is 1. The van der Waals surface area contributed by atoms with Crippen LogP contribution in [0.15, 0.2) is 0 Å². The summed E-state index contributed by atoms with van der Waals surface area (Å²) in [6.45, 7) is 4.30. The van der Waals surface area contributed by atoms with Crippen molar-refractivity contribution >= 4 is 11.9 Å². The highest BCUT2D eigenvalue weighted by atomic mass is 16.4. The average molecular weight is 270 g/mol. The lowest BCUT2D eigenvalue weighted by molar-refractivity contribution is -0.150. The number of hydrogen-bond acceptors (Lipinski definition) is 3. The Bertz CT molecular complexity index is 333. The predicted octanol–water partition coefficient (Wildman–Crippen LogP) is 1.51. The molecule has 5 nitrogen and oxygen atoms in total. The summed E-state index contributed by atoms with van der Waals surface area (Å²) in [6.07, 6.45) is 4.47. The number of carboxylic acid groups (broad SMARTS) is 1. The fourth-order valence-electron chi connectivity index (χ4n) is 2.95. The molecule has 1 aliphatic carbocycles. The lowest BCUT2D eigenvalue weighted by Crippen LogP contribution is -2.58. The summed E-state index contributed by atoms with van der Waals surface area (Å²) >= 11 is 0. The molecule has 3 atom stereocenters. The molecule has 0 bridgehead atoms. The highest BCUT2D eigenvalue weighted by molar-refractivity contribution is 5.88. The minimum absolute atomic E-state index is 0.208. The van der Waals surface area contributed by atoms with Crippen molar-refractivity contribution < 1.29 is 14.7 Å². The maximum atomic E-state index is 12.2. The highest BCUT2D eigenvalue weighted by Gasteiger charge is 2.43. The van der Waals surface area contributed by atoms with Crippen molar-refractivity contribution in [3.05, 3.63) is 0 Å². The molecule has 0 aliphatic heterocycles. The lowest BCUT2D eigenvalue weighted by atomic mass is 9.76. The van der Waals surface area contributed by atoms with Gasteiger partial charge in [-0.15, -0.1) is 0 Å². The Hall–Kier alpha value is -1.10. The van der Waals surface area contributed by atoms with Crippen molar-refractivity contribution in [2.45, 2.75) is 57.9 Å². The van der Waals surface area contributed by atoms with Gasteiger partial charge in [0.2, 0.25) is 5.91 Å². The van der Waals surface area contributed by atoms with E-state index in [9.17, 15) is 14.7 Å². The molecule has 110 valence electrons. The van der Waals surface area contributed by atoms with Crippen LogP contribution >= 0.6 is 0 Å². The van der Waals surface area contributed by atoms with E-state index in [0.29, 0.717) is 25.2 Å². The summed E-state index contributed by atoms with van der Waals surface area (Å²) in [7, 11) is 0. The molecule has 0 heterocycles. The molecule has 0 aromatic rings. The molecule has 1 amide bonds. The molecule has 5 heteroatoms. The number of amides is 1. The second kappa shape index (κ2) is 6.89. The minimum atomic E-state index is -1.09. The number of hydrogen-bond donors (Lipinski definition) is 3. The summed E-state index contributed by atoms with van der Waals surface area (Å²) < 4.78 is 0. The number of rotatable bonds is 6. The first-order chi connectivity index (χ1) is 8.95. The molecular formula is C14H26N2O3. The van der Waals surface area contributed by atoms with Crippen LogP contribution in [0.2, 0.25) is 0 Å². The third-order valence-corrected chi connectivity index (χ3v) is 4.06. The van der Waals surface area contributed by atoms with E-state index in [0.717, 1.165) is 19.3 Å². The van der Waals surface area contributed by atoms with Crippen molar-refractivity contribution in [2.24, 2.45) is 17.6 Å². The van der Waals surface area contributed by atoms with Gasteiger partial charge in [-0.3, -0.25) is 4.79 Å². The monoisotopic (exact) mass is 270 g/mol.